The maximum Gasteiger partial charge on any atom is 0.264 e. The van der Waals surface area contributed by atoms with E-state index in [0.717, 1.165) is 67.4 Å². The van der Waals surface area contributed by atoms with Crippen LogP contribution < -0.4 is 21.1 Å². The molecule has 5 amide bonds. The van der Waals surface area contributed by atoms with E-state index < -0.39 is 52.8 Å². The van der Waals surface area contributed by atoms with Gasteiger partial charge in [-0.3, -0.25) is 38.9 Å². The Morgan fingerprint density at radius 3 is 2.50 bits per heavy atom. The lowest BCUT2D eigenvalue weighted by molar-refractivity contribution is -0.136. The first kappa shape index (κ1) is 46.8. The average Bonchev–Trinajstić information content (AvgIpc) is 3.87. The van der Waals surface area contributed by atoms with Crippen LogP contribution in [0.3, 0.4) is 0 Å². The van der Waals surface area contributed by atoms with Gasteiger partial charge in [0.05, 0.1) is 28.4 Å². The minimum Gasteiger partial charge on any atom is -0.616 e. The SMILES string of the molecule is C[C@@H](Oc1cc(-c2cnn(C3CCN(C(=O)CCCCC[S+]([O-])CCCCCNc4cccc5c4C(=O)N(C4CCC(=O)NC4=O)C5=O)CC3)c2)cnc1N)c1c(Cl)ccc(F)c1Cl. The van der Waals surface area contributed by atoms with Crippen LogP contribution in [-0.4, -0.2) is 95.8 Å². The number of fused-ring (bicyclic) bond motifs is 1. The summed E-state index contributed by atoms with van der Waals surface area (Å²) >= 11 is 11.5. The summed E-state index contributed by atoms with van der Waals surface area (Å²) < 4.78 is 34.8. The number of nitrogens with one attached hydrogen (secondary N) is 2. The van der Waals surface area contributed by atoms with Gasteiger partial charge in [0.2, 0.25) is 17.7 Å². The number of likely N-dealkylation sites (tertiary alicyclic amines) is 1. The van der Waals surface area contributed by atoms with E-state index in [1.54, 1.807) is 43.6 Å². The maximum absolute atomic E-state index is 14.1. The highest BCUT2D eigenvalue weighted by Crippen LogP contribution is 2.38. The summed E-state index contributed by atoms with van der Waals surface area (Å²) in [6, 6.07) is 8.46. The Hall–Kier alpha value is -5.23. The predicted molar refractivity (Wildman–Crippen MR) is 242 cm³/mol. The van der Waals surface area contributed by atoms with Crippen LogP contribution in [0.25, 0.3) is 11.1 Å². The van der Waals surface area contributed by atoms with Crippen molar-refractivity contribution in [2.75, 3.05) is 42.2 Å². The van der Waals surface area contributed by atoms with Crippen LogP contribution in [0, 0.1) is 5.82 Å². The first-order valence-corrected chi connectivity index (χ1v) is 23.9. The van der Waals surface area contributed by atoms with Gasteiger partial charge in [-0.05, 0) is 95.0 Å². The number of aromatic nitrogens is 3. The van der Waals surface area contributed by atoms with E-state index in [2.05, 4.69) is 20.7 Å². The Labute approximate surface area is 383 Å². The Morgan fingerprint density at radius 2 is 1.75 bits per heavy atom. The molecule has 19 heteroatoms. The minimum absolute atomic E-state index is 0.0596. The highest BCUT2D eigenvalue weighted by molar-refractivity contribution is 7.91. The Morgan fingerprint density at radius 1 is 1.00 bits per heavy atom. The van der Waals surface area contributed by atoms with Gasteiger partial charge in [0.15, 0.2) is 11.6 Å². The van der Waals surface area contributed by atoms with E-state index in [0.29, 0.717) is 54.6 Å². The molecule has 3 atom stereocenters. The number of rotatable bonds is 19. The van der Waals surface area contributed by atoms with Crippen molar-refractivity contribution in [3.8, 4) is 16.9 Å². The fourth-order valence-corrected chi connectivity index (χ4v) is 10.3. The van der Waals surface area contributed by atoms with Crippen LogP contribution in [0.4, 0.5) is 15.9 Å². The molecule has 2 unspecified atom stereocenters. The number of carbonyl (C=O) groups is 5. The molecule has 3 aliphatic rings. The first-order valence-electron chi connectivity index (χ1n) is 21.6. The molecule has 7 rings (SSSR count). The number of nitrogens with zero attached hydrogens (tertiary/aromatic N) is 5. The van der Waals surface area contributed by atoms with Crippen molar-refractivity contribution >= 4 is 75.4 Å². The van der Waals surface area contributed by atoms with Gasteiger partial charge >= 0.3 is 0 Å². The second-order valence-corrected chi connectivity index (χ2v) is 18.7. The number of amides is 5. The number of unbranched alkanes of at least 4 members (excludes halogenated alkanes) is 4. The summed E-state index contributed by atoms with van der Waals surface area (Å²) in [5.74, 6) is -0.980. The average molecular weight is 938 g/mol. The number of ether oxygens (including phenoxy) is 1. The second kappa shape index (κ2) is 21.2. The van der Waals surface area contributed by atoms with Crippen molar-refractivity contribution in [3.63, 3.8) is 0 Å². The lowest BCUT2D eigenvalue weighted by Gasteiger charge is -2.32. The van der Waals surface area contributed by atoms with Gasteiger partial charge in [-0.25, -0.2) is 9.37 Å². The van der Waals surface area contributed by atoms with Crippen molar-refractivity contribution in [2.45, 2.75) is 95.7 Å². The quantitative estimate of drug-likeness (QED) is 0.0369. The van der Waals surface area contributed by atoms with Gasteiger partial charge in [0.1, 0.15) is 29.5 Å². The summed E-state index contributed by atoms with van der Waals surface area (Å²) in [5.41, 5.74) is 8.97. The van der Waals surface area contributed by atoms with Gasteiger partial charge in [0, 0.05) is 72.3 Å². The molecule has 0 bridgehead atoms. The third-order valence-corrected chi connectivity index (χ3v) is 14.1. The molecule has 0 aliphatic carbocycles. The number of hydrogen-bond acceptors (Lipinski definition) is 11. The molecule has 64 heavy (non-hydrogen) atoms. The van der Waals surface area contributed by atoms with Crippen LogP contribution in [0.15, 0.2) is 55.0 Å². The fraction of sp³-hybridized carbons (Fsp3) is 0.444. The number of nitrogens with two attached hydrogens (primary N) is 1. The zero-order valence-corrected chi connectivity index (χ0v) is 37.8. The van der Waals surface area contributed by atoms with E-state index in [9.17, 15) is 32.9 Å². The van der Waals surface area contributed by atoms with Crippen molar-refractivity contribution in [1.82, 2.24) is 29.9 Å². The van der Waals surface area contributed by atoms with E-state index in [1.165, 1.54) is 12.1 Å². The zero-order valence-electron chi connectivity index (χ0n) is 35.5. The first-order chi connectivity index (χ1) is 30.8. The highest BCUT2D eigenvalue weighted by atomic mass is 35.5. The number of anilines is 2. The van der Waals surface area contributed by atoms with Crippen LogP contribution in [-0.2, 0) is 25.6 Å². The molecular weight excluding hydrogens is 887 g/mol. The van der Waals surface area contributed by atoms with Crippen LogP contribution in [0.5, 0.6) is 5.75 Å². The topological polar surface area (TPSA) is 205 Å². The Balaban J connectivity index is 0.759. The summed E-state index contributed by atoms with van der Waals surface area (Å²) in [6.07, 6.45) is 11.5. The van der Waals surface area contributed by atoms with Crippen LogP contribution in [0.2, 0.25) is 10.0 Å². The van der Waals surface area contributed by atoms with Crippen LogP contribution >= 0.6 is 23.2 Å². The number of benzene rings is 2. The van der Waals surface area contributed by atoms with E-state index in [1.807, 2.05) is 15.8 Å². The van der Waals surface area contributed by atoms with Gasteiger partial charge in [-0.2, -0.15) is 5.10 Å². The molecule has 0 radical (unpaired) electrons. The molecule has 2 aromatic heterocycles. The van der Waals surface area contributed by atoms with Crippen LogP contribution in [0.1, 0.15) is 116 Å². The van der Waals surface area contributed by atoms with Gasteiger partial charge in [-0.15, -0.1) is 0 Å². The molecule has 4 aromatic rings. The lowest BCUT2D eigenvalue weighted by atomic mass is 10.0. The maximum atomic E-state index is 14.1. The largest absolute Gasteiger partial charge is 0.616 e. The number of nitrogen functional groups attached to an aromatic ring is 1. The second-order valence-electron chi connectivity index (χ2n) is 16.3. The number of imide groups is 2. The summed E-state index contributed by atoms with van der Waals surface area (Å²) in [7, 11) is 0. The molecular formula is C45H51Cl2FN8O7S. The van der Waals surface area contributed by atoms with Gasteiger partial charge in [0.25, 0.3) is 11.8 Å². The van der Waals surface area contributed by atoms with E-state index >= 15 is 0 Å². The summed E-state index contributed by atoms with van der Waals surface area (Å²) in [5, 5.41) is 10.2. The number of carbonyl (C=O) groups excluding carboxylic acids is 5. The monoisotopic (exact) mass is 936 g/mol. The standard InChI is InChI=1S/C45H51Cl2FN8O7S/c1-27(39-32(46)12-13-33(48)41(39)47)63-36-23-28(24-51-42(36)49)29-25-52-55(26-29)30-16-19-54(20-17-30)38(58)11-4-2-6-21-64(62)22-7-3-5-18-50-34-10-8-9-31-40(34)45(61)56(44(31)60)35-14-15-37(57)53-43(35)59/h8-10,12-13,23-27,30,35,50H,2-7,11,14-22H2,1H3,(H2,49,51)(H,53,57,59)/t27-,35?,64?/m1/s1. The van der Waals surface area contributed by atoms with Crippen molar-refractivity contribution in [2.24, 2.45) is 0 Å². The van der Waals surface area contributed by atoms with Crippen molar-refractivity contribution in [1.29, 1.82) is 0 Å². The minimum atomic E-state index is -1.02. The van der Waals surface area contributed by atoms with Gasteiger partial charge in [-0.1, -0.05) is 40.4 Å². The lowest BCUT2D eigenvalue weighted by Crippen LogP contribution is -2.54. The molecule has 0 spiro atoms. The van der Waals surface area contributed by atoms with Crippen molar-refractivity contribution < 1.29 is 37.7 Å². The van der Waals surface area contributed by atoms with E-state index in [-0.39, 0.29) is 51.8 Å². The molecule has 15 nitrogen and oxygen atoms in total. The highest BCUT2D eigenvalue weighted by Gasteiger charge is 2.45. The molecule has 3 aliphatic heterocycles. The summed E-state index contributed by atoms with van der Waals surface area (Å²) in [6.45, 7) is 3.52. The predicted octanol–water partition coefficient (Wildman–Crippen LogP) is 7.27. The molecule has 5 heterocycles. The van der Waals surface area contributed by atoms with Gasteiger partial charge < -0.3 is 25.2 Å². The smallest absolute Gasteiger partial charge is 0.264 e. The molecule has 4 N–H and O–H groups in total. The van der Waals surface area contributed by atoms with E-state index in [4.69, 9.17) is 33.7 Å². The normalized spacial score (nSPS) is 17.7. The fourth-order valence-electron chi connectivity index (χ4n) is 8.37. The zero-order chi connectivity index (χ0) is 45.5. The summed E-state index contributed by atoms with van der Waals surface area (Å²) in [4.78, 5) is 70.5. The Bertz CT molecular complexity index is 2400. The Kier molecular flexibility index (Phi) is 15.5. The molecule has 340 valence electrons. The number of hydrogen-bond donors (Lipinski definition) is 3. The third-order valence-electron chi connectivity index (χ3n) is 11.9. The molecule has 2 saturated heterocycles. The number of pyridine rings is 1. The number of halogens is 3. The molecule has 2 aromatic carbocycles. The van der Waals surface area contributed by atoms with Crippen molar-refractivity contribution in [3.05, 3.63) is 87.5 Å². The molecule has 0 saturated carbocycles. The third kappa shape index (κ3) is 10.8. The number of piperidine rings is 2. The molecule has 2 fully saturated rings.